The molecule has 0 radical (unpaired) electrons. The van der Waals surface area contributed by atoms with Crippen molar-refractivity contribution < 1.29 is 4.52 Å². The van der Waals surface area contributed by atoms with E-state index in [9.17, 15) is 0 Å². The Morgan fingerprint density at radius 3 is 2.90 bits per heavy atom. The van der Waals surface area contributed by atoms with Crippen molar-refractivity contribution in [1.82, 2.24) is 15.5 Å². The largest absolute Gasteiger partial charge is 0.339 e. The third kappa shape index (κ3) is 3.40. The molecule has 2 aliphatic rings. The van der Waals surface area contributed by atoms with Gasteiger partial charge in [-0.3, -0.25) is 0 Å². The lowest BCUT2D eigenvalue weighted by Gasteiger charge is -2.26. The first-order valence-electron chi connectivity index (χ1n) is 8.38. The molecule has 1 saturated heterocycles. The summed E-state index contributed by atoms with van der Waals surface area (Å²) in [6.45, 7) is 4.55. The zero-order valence-electron chi connectivity index (χ0n) is 12.6. The zero-order chi connectivity index (χ0) is 13.8. The van der Waals surface area contributed by atoms with E-state index in [2.05, 4.69) is 17.4 Å². The average molecular weight is 277 g/mol. The lowest BCUT2D eigenvalue weighted by atomic mass is 9.80. The molecular weight excluding hydrogens is 250 g/mol. The summed E-state index contributed by atoms with van der Waals surface area (Å²) in [5.74, 6) is 3.90. The van der Waals surface area contributed by atoms with Gasteiger partial charge in [0.2, 0.25) is 5.89 Å². The molecule has 0 amide bonds. The molecule has 2 fully saturated rings. The summed E-state index contributed by atoms with van der Waals surface area (Å²) in [5.41, 5.74) is 0. The van der Waals surface area contributed by atoms with Gasteiger partial charge in [-0.05, 0) is 50.6 Å². The third-order valence-corrected chi connectivity index (χ3v) is 5.07. The minimum absolute atomic E-state index is 0.538. The number of hydrogen-bond acceptors (Lipinski definition) is 4. The molecule has 112 valence electrons. The Morgan fingerprint density at radius 2 is 2.10 bits per heavy atom. The van der Waals surface area contributed by atoms with Gasteiger partial charge < -0.3 is 9.84 Å². The minimum atomic E-state index is 0.538. The highest BCUT2D eigenvalue weighted by Crippen LogP contribution is 2.36. The van der Waals surface area contributed by atoms with Crippen LogP contribution in [0.3, 0.4) is 0 Å². The summed E-state index contributed by atoms with van der Waals surface area (Å²) < 4.78 is 5.50. The van der Waals surface area contributed by atoms with Crippen molar-refractivity contribution in [1.29, 1.82) is 0 Å². The topological polar surface area (TPSA) is 51.0 Å². The number of rotatable bonds is 4. The van der Waals surface area contributed by atoms with Gasteiger partial charge in [-0.1, -0.05) is 31.3 Å². The summed E-state index contributed by atoms with van der Waals surface area (Å²) in [6, 6.07) is 0. The van der Waals surface area contributed by atoms with Crippen molar-refractivity contribution >= 4 is 0 Å². The van der Waals surface area contributed by atoms with Crippen LogP contribution in [-0.4, -0.2) is 23.2 Å². The van der Waals surface area contributed by atoms with Crippen molar-refractivity contribution in [3.05, 3.63) is 11.7 Å². The summed E-state index contributed by atoms with van der Waals surface area (Å²) in [7, 11) is 0. The van der Waals surface area contributed by atoms with Crippen LogP contribution in [0, 0.1) is 11.8 Å². The Balaban J connectivity index is 1.58. The van der Waals surface area contributed by atoms with Gasteiger partial charge in [0.15, 0.2) is 5.82 Å². The lowest BCUT2D eigenvalue weighted by Crippen LogP contribution is -2.30. The Morgan fingerprint density at radius 1 is 1.20 bits per heavy atom. The van der Waals surface area contributed by atoms with Crippen LogP contribution in [0.25, 0.3) is 0 Å². The van der Waals surface area contributed by atoms with Gasteiger partial charge in [0, 0.05) is 12.3 Å². The second kappa shape index (κ2) is 6.70. The van der Waals surface area contributed by atoms with Crippen molar-refractivity contribution in [2.75, 3.05) is 13.1 Å². The predicted molar refractivity (Wildman–Crippen MR) is 78.6 cm³/mol. The molecular formula is C16H27N3O. The van der Waals surface area contributed by atoms with Crippen LogP contribution in [0.15, 0.2) is 4.52 Å². The van der Waals surface area contributed by atoms with Crippen LogP contribution in [0.2, 0.25) is 0 Å². The van der Waals surface area contributed by atoms with E-state index < -0.39 is 0 Å². The molecule has 4 heteroatoms. The smallest absolute Gasteiger partial charge is 0.226 e. The van der Waals surface area contributed by atoms with Gasteiger partial charge in [-0.2, -0.15) is 4.98 Å². The van der Waals surface area contributed by atoms with Crippen LogP contribution < -0.4 is 5.32 Å². The predicted octanol–water partition coefficient (Wildman–Crippen LogP) is 3.30. The zero-order valence-corrected chi connectivity index (χ0v) is 12.6. The first-order valence-corrected chi connectivity index (χ1v) is 8.38. The quantitative estimate of drug-likeness (QED) is 0.917. The minimum Gasteiger partial charge on any atom is -0.339 e. The van der Waals surface area contributed by atoms with Crippen molar-refractivity contribution in [2.45, 2.75) is 64.2 Å². The fourth-order valence-corrected chi connectivity index (χ4v) is 3.76. The number of nitrogens with zero attached hydrogens (tertiary/aromatic N) is 2. The normalized spacial score (nSPS) is 31.4. The molecule has 1 aliphatic heterocycles. The van der Waals surface area contributed by atoms with Crippen molar-refractivity contribution in [3.63, 3.8) is 0 Å². The number of aromatic nitrogens is 2. The summed E-state index contributed by atoms with van der Waals surface area (Å²) >= 11 is 0. The standard InChI is InChI=1S/C16H27N3O/c1-2-12-5-3-7-14(9-12)16-18-15(20-19-16)10-13-6-4-8-17-11-13/h12-14,17H,2-11H2,1H3. The Kier molecular flexibility index (Phi) is 4.71. The van der Waals surface area contributed by atoms with E-state index in [0.717, 1.165) is 37.1 Å². The maximum absolute atomic E-state index is 5.50. The van der Waals surface area contributed by atoms with Gasteiger partial charge in [0.1, 0.15) is 0 Å². The van der Waals surface area contributed by atoms with Crippen molar-refractivity contribution in [2.24, 2.45) is 11.8 Å². The first-order chi connectivity index (χ1) is 9.85. The highest BCUT2D eigenvalue weighted by molar-refractivity contribution is 4.99. The van der Waals surface area contributed by atoms with Gasteiger partial charge in [-0.15, -0.1) is 0 Å². The molecule has 0 aromatic carbocycles. The van der Waals surface area contributed by atoms with Crippen LogP contribution in [0.4, 0.5) is 0 Å². The fraction of sp³-hybridized carbons (Fsp3) is 0.875. The first kappa shape index (κ1) is 14.1. The van der Waals surface area contributed by atoms with E-state index in [1.54, 1.807) is 0 Å². The molecule has 3 atom stereocenters. The maximum atomic E-state index is 5.50. The molecule has 0 spiro atoms. The summed E-state index contributed by atoms with van der Waals surface area (Å²) in [5, 5.41) is 7.72. The van der Waals surface area contributed by atoms with E-state index in [-0.39, 0.29) is 0 Å². The molecule has 4 nitrogen and oxygen atoms in total. The molecule has 1 aliphatic carbocycles. The molecule has 3 unspecified atom stereocenters. The van der Waals surface area contributed by atoms with E-state index in [1.165, 1.54) is 44.9 Å². The Hall–Kier alpha value is -0.900. The van der Waals surface area contributed by atoms with Gasteiger partial charge >= 0.3 is 0 Å². The Bertz CT molecular complexity index is 412. The number of hydrogen-bond donors (Lipinski definition) is 1. The highest BCUT2D eigenvalue weighted by Gasteiger charge is 2.26. The number of piperidine rings is 1. The Labute approximate surface area is 121 Å². The molecule has 2 heterocycles. The van der Waals surface area contributed by atoms with E-state index in [0.29, 0.717) is 11.8 Å². The highest BCUT2D eigenvalue weighted by atomic mass is 16.5. The second-order valence-corrected chi connectivity index (χ2v) is 6.60. The molecule has 0 bridgehead atoms. The SMILES string of the molecule is CCC1CCCC(c2noc(CC3CCCNC3)n2)C1. The fourth-order valence-electron chi connectivity index (χ4n) is 3.76. The van der Waals surface area contributed by atoms with Crippen molar-refractivity contribution in [3.8, 4) is 0 Å². The van der Waals surface area contributed by atoms with Crippen LogP contribution in [0.5, 0.6) is 0 Å². The monoisotopic (exact) mass is 277 g/mol. The van der Waals surface area contributed by atoms with Crippen LogP contribution in [-0.2, 0) is 6.42 Å². The molecule has 1 aromatic rings. The van der Waals surface area contributed by atoms with E-state index in [4.69, 9.17) is 9.51 Å². The van der Waals surface area contributed by atoms with Gasteiger partial charge in [-0.25, -0.2) is 0 Å². The molecule has 1 aromatic heterocycles. The van der Waals surface area contributed by atoms with E-state index >= 15 is 0 Å². The lowest BCUT2D eigenvalue weighted by molar-refractivity contribution is 0.293. The third-order valence-electron chi connectivity index (χ3n) is 5.07. The van der Waals surface area contributed by atoms with Crippen LogP contribution in [0.1, 0.15) is 69.5 Å². The van der Waals surface area contributed by atoms with Gasteiger partial charge in [0.25, 0.3) is 0 Å². The van der Waals surface area contributed by atoms with Crippen LogP contribution >= 0.6 is 0 Å². The molecule has 3 rings (SSSR count). The summed E-state index contributed by atoms with van der Waals surface area (Å²) in [4.78, 5) is 4.69. The molecule has 1 saturated carbocycles. The average Bonchev–Trinajstić information content (AvgIpc) is 2.97. The van der Waals surface area contributed by atoms with E-state index in [1.807, 2.05) is 0 Å². The maximum Gasteiger partial charge on any atom is 0.226 e. The van der Waals surface area contributed by atoms with Gasteiger partial charge in [0.05, 0.1) is 0 Å². The number of nitrogens with one attached hydrogen (secondary N) is 1. The molecule has 1 N–H and O–H groups in total. The summed E-state index contributed by atoms with van der Waals surface area (Å²) in [6.07, 6.45) is 9.98. The molecule has 20 heavy (non-hydrogen) atoms. The second-order valence-electron chi connectivity index (χ2n) is 6.60.